The number of hydrogen-bond donors (Lipinski definition) is 1. The third kappa shape index (κ3) is 4.57. The molecule has 1 aliphatic rings. The van der Waals surface area contributed by atoms with E-state index in [2.05, 4.69) is 27.6 Å². The number of nitrogens with zero attached hydrogens (tertiary/aromatic N) is 3. The maximum Gasteiger partial charge on any atom is 0.274 e. The number of allylic oxidation sites excluding steroid dienone is 2. The number of amides is 1. The molecule has 1 N–H and O–H groups in total. The van der Waals surface area contributed by atoms with Crippen molar-refractivity contribution >= 4 is 33.8 Å². The molecular formula is C21H20ClFN4OS. The molecule has 4 rings (SSSR count). The molecule has 0 fully saturated rings. The Morgan fingerprint density at radius 3 is 3.03 bits per heavy atom. The lowest BCUT2D eigenvalue weighted by atomic mass is 10.0. The lowest BCUT2D eigenvalue weighted by Crippen LogP contribution is -2.21. The van der Waals surface area contributed by atoms with Crippen LogP contribution in [-0.4, -0.2) is 20.7 Å². The van der Waals surface area contributed by atoms with Crippen molar-refractivity contribution in [2.45, 2.75) is 38.6 Å². The normalized spacial score (nSPS) is 16.2. The Labute approximate surface area is 177 Å². The summed E-state index contributed by atoms with van der Waals surface area (Å²) < 4.78 is 15.3. The van der Waals surface area contributed by atoms with E-state index < -0.39 is 0 Å². The second-order valence-electron chi connectivity index (χ2n) is 7.02. The van der Waals surface area contributed by atoms with Gasteiger partial charge in [-0.3, -0.25) is 9.48 Å². The summed E-state index contributed by atoms with van der Waals surface area (Å²) >= 11 is 7.31. The number of carbonyl (C=O) groups excluding carboxylic acids is 1. The van der Waals surface area contributed by atoms with Gasteiger partial charge >= 0.3 is 0 Å². The van der Waals surface area contributed by atoms with E-state index in [0.717, 1.165) is 35.5 Å². The largest absolute Gasteiger partial charge is 0.311 e. The summed E-state index contributed by atoms with van der Waals surface area (Å²) in [5, 5.41) is 9.11. The number of nitrogens with one attached hydrogen (secondary N) is 1. The zero-order valence-electron chi connectivity index (χ0n) is 15.9. The monoisotopic (exact) mass is 430 g/mol. The van der Waals surface area contributed by atoms with Gasteiger partial charge in [0.05, 0.1) is 16.7 Å². The van der Waals surface area contributed by atoms with Crippen LogP contribution in [0.15, 0.2) is 42.6 Å². The van der Waals surface area contributed by atoms with Crippen LogP contribution in [0.2, 0.25) is 5.02 Å². The fraction of sp³-hybridized carbons (Fsp3) is 0.286. The van der Waals surface area contributed by atoms with Gasteiger partial charge in [-0.05, 0) is 56.0 Å². The Balaban J connectivity index is 1.50. The Bertz CT molecular complexity index is 1050. The van der Waals surface area contributed by atoms with Gasteiger partial charge < -0.3 is 5.32 Å². The number of aryl methyl sites for hydroxylation is 1. The van der Waals surface area contributed by atoms with Crippen LogP contribution >= 0.6 is 22.9 Å². The molecule has 0 saturated heterocycles. The number of benzene rings is 1. The van der Waals surface area contributed by atoms with Crippen LogP contribution in [0, 0.1) is 12.7 Å². The quantitative estimate of drug-likeness (QED) is 0.538. The van der Waals surface area contributed by atoms with Crippen molar-refractivity contribution in [3.63, 3.8) is 0 Å². The van der Waals surface area contributed by atoms with Gasteiger partial charge in [0.2, 0.25) is 0 Å². The summed E-state index contributed by atoms with van der Waals surface area (Å²) in [6.07, 6.45) is 9.46. The Kier molecular flexibility index (Phi) is 5.78. The second kappa shape index (κ2) is 8.47. The lowest BCUT2D eigenvalue weighted by molar-refractivity contribution is 0.101. The summed E-state index contributed by atoms with van der Waals surface area (Å²) in [6, 6.07) is 6.26. The molecule has 3 aromatic rings. The third-order valence-corrected chi connectivity index (χ3v) is 6.08. The summed E-state index contributed by atoms with van der Waals surface area (Å²) in [5.74, 6) is -0.590. The van der Waals surface area contributed by atoms with Crippen molar-refractivity contribution in [2.75, 3.05) is 5.32 Å². The van der Waals surface area contributed by atoms with Gasteiger partial charge in [0.25, 0.3) is 5.91 Å². The topological polar surface area (TPSA) is 59.8 Å². The molecule has 8 heteroatoms. The van der Waals surface area contributed by atoms with Crippen molar-refractivity contribution < 1.29 is 9.18 Å². The molecule has 1 atom stereocenters. The molecule has 5 nitrogen and oxygen atoms in total. The number of hydrogen-bond acceptors (Lipinski definition) is 4. The summed E-state index contributed by atoms with van der Waals surface area (Å²) in [7, 11) is 0. The molecule has 0 spiro atoms. The van der Waals surface area contributed by atoms with E-state index in [0.29, 0.717) is 22.1 Å². The summed E-state index contributed by atoms with van der Waals surface area (Å²) in [5.41, 5.74) is 1.99. The molecule has 29 heavy (non-hydrogen) atoms. The maximum absolute atomic E-state index is 13.6. The van der Waals surface area contributed by atoms with E-state index in [9.17, 15) is 9.18 Å². The van der Waals surface area contributed by atoms with E-state index in [1.807, 2.05) is 6.92 Å². The zero-order valence-corrected chi connectivity index (χ0v) is 17.4. The van der Waals surface area contributed by atoms with Crippen LogP contribution in [0.4, 0.5) is 9.39 Å². The number of rotatable bonds is 5. The minimum absolute atomic E-state index is 0.107. The highest BCUT2D eigenvalue weighted by atomic mass is 35.5. The molecule has 1 aliphatic carbocycles. The predicted octanol–water partition coefficient (Wildman–Crippen LogP) is 5.56. The first-order chi connectivity index (χ1) is 14.0. The standard InChI is InChI=1S/C21H20ClFN4OS/c1-13-21(29-19(25-13)11-14-9-15(22)12-16(23)10-14)26-20(28)18-7-8-24-27(18)17-5-3-2-4-6-17/h3,5,7-10,12,17H,2,4,6,11H2,1H3,(H,26,28). The van der Waals surface area contributed by atoms with Crippen molar-refractivity contribution in [1.82, 2.24) is 14.8 Å². The smallest absolute Gasteiger partial charge is 0.274 e. The highest BCUT2D eigenvalue weighted by Crippen LogP contribution is 2.28. The Hall–Kier alpha value is -2.51. The zero-order chi connectivity index (χ0) is 20.4. The van der Waals surface area contributed by atoms with E-state index in [-0.39, 0.29) is 17.8 Å². The molecule has 1 amide bonds. The van der Waals surface area contributed by atoms with Gasteiger partial charge in [-0.25, -0.2) is 9.37 Å². The number of halogens is 2. The fourth-order valence-electron chi connectivity index (χ4n) is 3.46. The van der Waals surface area contributed by atoms with Crippen LogP contribution in [0.1, 0.15) is 52.1 Å². The third-order valence-electron chi connectivity index (χ3n) is 4.79. The molecule has 150 valence electrons. The first-order valence-electron chi connectivity index (χ1n) is 9.42. The first kappa shape index (κ1) is 19.8. The van der Waals surface area contributed by atoms with E-state index in [1.165, 1.54) is 23.5 Å². The highest BCUT2D eigenvalue weighted by molar-refractivity contribution is 7.16. The minimum atomic E-state index is -0.376. The second-order valence-corrected chi connectivity index (χ2v) is 8.54. The van der Waals surface area contributed by atoms with Crippen LogP contribution in [0.5, 0.6) is 0 Å². The van der Waals surface area contributed by atoms with E-state index in [1.54, 1.807) is 23.0 Å². The molecule has 0 aliphatic heterocycles. The minimum Gasteiger partial charge on any atom is -0.311 e. The molecule has 1 unspecified atom stereocenters. The molecule has 0 radical (unpaired) electrons. The number of thiazole rings is 1. The summed E-state index contributed by atoms with van der Waals surface area (Å²) in [6.45, 7) is 1.84. The molecule has 0 saturated carbocycles. The van der Waals surface area contributed by atoms with Crippen molar-refractivity contribution in [3.05, 3.63) is 75.4 Å². The average molecular weight is 431 g/mol. The van der Waals surface area contributed by atoms with Gasteiger partial charge in [-0.2, -0.15) is 5.10 Å². The first-order valence-corrected chi connectivity index (χ1v) is 10.6. The highest BCUT2D eigenvalue weighted by Gasteiger charge is 2.20. The Morgan fingerprint density at radius 2 is 2.28 bits per heavy atom. The van der Waals surface area contributed by atoms with Gasteiger partial charge in [0, 0.05) is 17.6 Å². The summed E-state index contributed by atoms with van der Waals surface area (Å²) in [4.78, 5) is 17.4. The van der Waals surface area contributed by atoms with Gasteiger partial charge in [0.1, 0.15) is 16.5 Å². The maximum atomic E-state index is 13.6. The lowest BCUT2D eigenvalue weighted by Gasteiger charge is -2.19. The van der Waals surface area contributed by atoms with E-state index in [4.69, 9.17) is 11.6 Å². The van der Waals surface area contributed by atoms with Crippen LogP contribution < -0.4 is 5.32 Å². The number of aromatic nitrogens is 3. The van der Waals surface area contributed by atoms with E-state index >= 15 is 0 Å². The molecule has 2 heterocycles. The SMILES string of the molecule is Cc1nc(Cc2cc(F)cc(Cl)c2)sc1NC(=O)c1ccnn1C1C=CCCC1. The predicted molar refractivity (Wildman–Crippen MR) is 113 cm³/mol. The van der Waals surface area contributed by atoms with Crippen molar-refractivity contribution in [1.29, 1.82) is 0 Å². The van der Waals surface area contributed by atoms with Crippen LogP contribution in [0.3, 0.4) is 0 Å². The average Bonchev–Trinajstić information content (AvgIpc) is 3.29. The van der Waals surface area contributed by atoms with Crippen LogP contribution in [0.25, 0.3) is 0 Å². The molecule has 0 bridgehead atoms. The van der Waals surface area contributed by atoms with Gasteiger partial charge in [0.15, 0.2) is 0 Å². The Morgan fingerprint density at radius 1 is 1.41 bits per heavy atom. The fourth-order valence-corrected chi connectivity index (χ4v) is 4.69. The number of anilines is 1. The van der Waals surface area contributed by atoms with Crippen LogP contribution in [-0.2, 0) is 6.42 Å². The molecule has 2 aromatic heterocycles. The molecular weight excluding hydrogens is 411 g/mol. The number of carbonyl (C=O) groups is 1. The van der Waals surface area contributed by atoms with Gasteiger partial charge in [-0.15, -0.1) is 11.3 Å². The van der Waals surface area contributed by atoms with Crippen molar-refractivity contribution in [2.24, 2.45) is 0 Å². The molecule has 1 aromatic carbocycles. The van der Waals surface area contributed by atoms with Crippen molar-refractivity contribution in [3.8, 4) is 0 Å². The van der Waals surface area contributed by atoms with Gasteiger partial charge in [-0.1, -0.05) is 23.8 Å².